The van der Waals surface area contributed by atoms with Crippen LogP contribution in [0.5, 0.6) is 0 Å². The summed E-state index contributed by atoms with van der Waals surface area (Å²) in [6.07, 6.45) is 0.0995. The summed E-state index contributed by atoms with van der Waals surface area (Å²) in [6, 6.07) is 15.3. The topological polar surface area (TPSA) is 164 Å². The van der Waals surface area contributed by atoms with Crippen molar-refractivity contribution in [2.75, 3.05) is 14.2 Å². The first-order chi connectivity index (χ1) is 19.2. The van der Waals surface area contributed by atoms with E-state index in [4.69, 9.17) is 4.74 Å². The highest BCUT2D eigenvalue weighted by Gasteiger charge is 2.26. The number of nitrogens with one attached hydrogen (secondary N) is 2. The molecule has 0 aliphatic rings. The zero-order chi connectivity index (χ0) is 28.8. The monoisotopic (exact) mass is 546 g/mol. The lowest BCUT2D eigenvalue weighted by Crippen LogP contribution is -2.39. The first-order valence-corrected chi connectivity index (χ1v) is 12.1. The first kappa shape index (κ1) is 27.7. The Labute approximate surface area is 227 Å². The summed E-state index contributed by atoms with van der Waals surface area (Å²) in [5, 5.41) is 13.6. The second-order valence-electron chi connectivity index (χ2n) is 8.67. The molecule has 2 amide bonds. The van der Waals surface area contributed by atoms with E-state index in [0.717, 1.165) is 4.68 Å². The largest absolute Gasteiger partial charge is 0.467 e. The van der Waals surface area contributed by atoms with Crippen LogP contribution in [-0.4, -0.2) is 63.6 Å². The van der Waals surface area contributed by atoms with Crippen molar-refractivity contribution in [2.45, 2.75) is 25.7 Å². The Hall–Kier alpha value is -5.33. The molecule has 4 rings (SSSR count). The van der Waals surface area contributed by atoms with Gasteiger partial charge in [0.15, 0.2) is 0 Å². The molecule has 4 aromatic rings. The molecule has 206 valence electrons. The van der Waals surface area contributed by atoms with Crippen molar-refractivity contribution in [3.05, 3.63) is 94.0 Å². The number of fused-ring (bicyclic) bond motifs is 1. The van der Waals surface area contributed by atoms with Crippen LogP contribution in [0.2, 0.25) is 0 Å². The van der Waals surface area contributed by atoms with E-state index >= 15 is 0 Å². The van der Waals surface area contributed by atoms with Crippen molar-refractivity contribution in [3.63, 3.8) is 0 Å². The molecule has 0 aliphatic heterocycles. The van der Waals surface area contributed by atoms with Crippen molar-refractivity contribution >= 4 is 34.7 Å². The first-order valence-electron chi connectivity index (χ1n) is 12.1. The van der Waals surface area contributed by atoms with E-state index in [9.17, 15) is 24.0 Å². The van der Waals surface area contributed by atoms with Gasteiger partial charge in [-0.25, -0.2) is 14.3 Å². The molecule has 0 fully saturated rings. The van der Waals surface area contributed by atoms with Gasteiger partial charge in [-0.15, -0.1) is 5.10 Å². The molecule has 0 spiro atoms. The van der Waals surface area contributed by atoms with Gasteiger partial charge < -0.3 is 24.7 Å². The van der Waals surface area contributed by atoms with E-state index in [0.29, 0.717) is 22.2 Å². The van der Waals surface area contributed by atoms with E-state index in [1.165, 1.54) is 38.0 Å². The molecular formula is C27H26N6O7. The van der Waals surface area contributed by atoms with E-state index in [1.54, 1.807) is 54.6 Å². The zero-order valence-electron chi connectivity index (χ0n) is 21.9. The van der Waals surface area contributed by atoms with Crippen LogP contribution in [0, 0.1) is 0 Å². The number of methoxy groups -OCH3 is 2. The van der Waals surface area contributed by atoms with Crippen molar-refractivity contribution < 1.29 is 28.7 Å². The summed E-state index contributed by atoms with van der Waals surface area (Å²) in [5.41, 5.74) is 0.644. The third-order valence-electron chi connectivity index (χ3n) is 6.04. The van der Waals surface area contributed by atoms with Gasteiger partial charge in [-0.2, -0.15) is 0 Å². The van der Waals surface area contributed by atoms with Crippen LogP contribution in [-0.2, 0) is 25.6 Å². The summed E-state index contributed by atoms with van der Waals surface area (Å²) in [4.78, 5) is 62.9. The van der Waals surface area contributed by atoms with Gasteiger partial charge in [0, 0.05) is 17.0 Å². The number of pyridine rings is 1. The van der Waals surface area contributed by atoms with E-state index in [2.05, 4.69) is 25.7 Å². The SMILES string of the molecule is COC(=O)C(NC(=O)c1ccccc1)n1cc(Cn2c(=O)cc(C(=O)N[C@H](C)C(=O)OC)c3ccccc32)nn1. The highest BCUT2D eigenvalue weighted by atomic mass is 16.5. The average molecular weight is 547 g/mol. The van der Waals surface area contributed by atoms with Crippen LogP contribution in [0.4, 0.5) is 0 Å². The molecule has 13 nitrogen and oxygen atoms in total. The predicted octanol–water partition coefficient (Wildman–Crippen LogP) is 1.03. The van der Waals surface area contributed by atoms with Gasteiger partial charge in [0.2, 0.25) is 6.17 Å². The Morgan fingerprint density at radius 1 is 0.900 bits per heavy atom. The number of ether oxygens (including phenoxy) is 2. The van der Waals surface area contributed by atoms with Gasteiger partial charge in [-0.1, -0.05) is 41.6 Å². The van der Waals surface area contributed by atoms with Crippen LogP contribution in [0.15, 0.2) is 71.7 Å². The highest BCUT2D eigenvalue weighted by Crippen LogP contribution is 2.18. The number of benzene rings is 2. The van der Waals surface area contributed by atoms with Gasteiger partial charge in [-0.05, 0) is 25.1 Å². The third-order valence-corrected chi connectivity index (χ3v) is 6.04. The minimum absolute atomic E-state index is 0.0552. The molecular weight excluding hydrogens is 520 g/mol. The standard InChI is InChI=1S/C27H26N6O7/c1-16(26(37)39-2)28-25(36)20-13-22(34)32(21-12-8-7-11-19(20)21)14-18-15-33(31-30-18)23(27(38)40-3)29-24(35)17-9-5-4-6-10-17/h4-13,15-16,23H,14H2,1-3H3,(H,28,36)(H,29,35)/t16-,23?/m1/s1. The second kappa shape index (κ2) is 12.0. The normalized spacial score (nSPS) is 12.3. The molecule has 2 aromatic carbocycles. The summed E-state index contributed by atoms with van der Waals surface area (Å²) in [5.74, 6) is -2.54. The number of carbonyl (C=O) groups is 4. The molecule has 1 unspecified atom stereocenters. The molecule has 0 saturated carbocycles. The molecule has 13 heteroatoms. The fourth-order valence-electron chi connectivity index (χ4n) is 4.01. The summed E-state index contributed by atoms with van der Waals surface area (Å²) >= 11 is 0. The summed E-state index contributed by atoms with van der Waals surface area (Å²) in [6.45, 7) is 1.42. The Kier molecular flexibility index (Phi) is 8.33. The lowest BCUT2D eigenvalue weighted by atomic mass is 10.1. The fraction of sp³-hybridized carbons (Fsp3) is 0.222. The van der Waals surface area contributed by atoms with E-state index < -0.39 is 41.5 Å². The number of para-hydroxylation sites is 1. The van der Waals surface area contributed by atoms with Gasteiger partial charge in [0.1, 0.15) is 11.7 Å². The number of hydrogen-bond donors (Lipinski definition) is 2. The predicted molar refractivity (Wildman–Crippen MR) is 141 cm³/mol. The van der Waals surface area contributed by atoms with Crippen LogP contribution in [0.25, 0.3) is 10.9 Å². The van der Waals surface area contributed by atoms with Gasteiger partial charge in [0.25, 0.3) is 17.4 Å². The van der Waals surface area contributed by atoms with Gasteiger partial charge in [0.05, 0.1) is 38.0 Å². The van der Waals surface area contributed by atoms with E-state index in [-0.39, 0.29) is 12.1 Å². The molecule has 40 heavy (non-hydrogen) atoms. The summed E-state index contributed by atoms with van der Waals surface area (Å²) < 4.78 is 12.0. The number of hydrogen-bond acceptors (Lipinski definition) is 9. The molecule has 0 radical (unpaired) electrons. The molecule has 2 aromatic heterocycles. The second-order valence-corrected chi connectivity index (χ2v) is 8.67. The molecule has 0 aliphatic carbocycles. The number of rotatable bonds is 9. The maximum absolute atomic E-state index is 13.1. The minimum atomic E-state index is -1.31. The van der Waals surface area contributed by atoms with Crippen LogP contribution >= 0.6 is 0 Å². The number of amides is 2. The number of esters is 2. The Morgan fingerprint density at radius 3 is 2.27 bits per heavy atom. The zero-order valence-corrected chi connectivity index (χ0v) is 21.9. The Bertz CT molecular complexity index is 1630. The Balaban J connectivity index is 1.63. The van der Waals surface area contributed by atoms with Gasteiger partial charge >= 0.3 is 11.9 Å². The maximum Gasteiger partial charge on any atom is 0.351 e. The smallest absolute Gasteiger partial charge is 0.351 e. The van der Waals surface area contributed by atoms with Crippen molar-refractivity contribution in [1.82, 2.24) is 30.2 Å². The van der Waals surface area contributed by atoms with Crippen molar-refractivity contribution in [2.24, 2.45) is 0 Å². The lowest BCUT2D eigenvalue weighted by Gasteiger charge is -2.16. The van der Waals surface area contributed by atoms with E-state index in [1.807, 2.05) is 0 Å². The highest BCUT2D eigenvalue weighted by molar-refractivity contribution is 6.07. The van der Waals surface area contributed by atoms with Crippen LogP contribution in [0.1, 0.15) is 39.5 Å². The number of nitrogens with zero attached hydrogens (tertiary/aromatic N) is 4. The van der Waals surface area contributed by atoms with Gasteiger partial charge in [-0.3, -0.25) is 14.4 Å². The fourth-order valence-corrected chi connectivity index (χ4v) is 4.01. The number of carbonyl (C=O) groups excluding carboxylic acids is 4. The summed E-state index contributed by atoms with van der Waals surface area (Å²) in [7, 11) is 2.39. The third kappa shape index (κ3) is 5.88. The van der Waals surface area contributed by atoms with Crippen LogP contribution < -0.4 is 16.2 Å². The van der Waals surface area contributed by atoms with Crippen LogP contribution in [0.3, 0.4) is 0 Å². The average Bonchev–Trinajstić information content (AvgIpc) is 3.44. The molecule has 0 saturated heterocycles. The molecule has 2 heterocycles. The molecule has 0 bridgehead atoms. The maximum atomic E-state index is 13.1. The minimum Gasteiger partial charge on any atom is -0.467 e. The number of aromatic nitrogens is 4. The quantitative estimate of drug-likeness (QED) is 0.292. The van der Waals surface area contributed by atoms with Crippen molar-refractivity contribution in [1.29, 1.82) is 0 Å². The molecule has 2 N–H and O–H groups in total. The Morgan fingerprint density at radius 2 is 1.57 bits per heavy atom. The molecule has 2 atom stereocenters. The lowest BCUT2D eigenvalue weighted by molar-refractivity contribution is -0.146. The van der Waals surface area contributed by atoms with Crippen molar-refractivity contribution in [3.8, 4) is 0 Å².